The molecule has 0 amide bonds. The quantitative estimate of drug-likeness (QED) is 0.486. The van der Waals surface area contributed by atoms with Gasteiger partial charge in [-0.1, -0.05) is 0 Å². The number of halogens is 1. The Morgan fingerprint density at radius 2 is 2.06 bits per heavy atom. The van der Waals surface area contributed by atoms with Crippen molar-refractivity contribution < 1.29 is 9.52 Å². The van der Waals surface area contributed by atoms with Crippen molar-refractivity contribution in [3.8, 4) is 10.7 Å². The van der Waals surface area contributed by atoms with Gasteiger partial charge < -0.3 is 14.1 Å². The molecule has 0 aliphatic carbocycles. The number of furan rings is 1. The Morgan fingerprint density at radius 3 is 2.68 bits per heavy atom. The molecule has 4 aromatic rings. The third-order valence-electron chi connectivity index (χ3n) is 5.55. The maximum Gasteiger partial charge on any atom is 0.331 e. The summed E-state index contributed by atoms with van der Waals surface area (Å²) < 4.78 is 10.4. The van der Waals surface area contributed by atoms with Crippen LogP contribution in [0.2, 0.25) is 5.22 Å². The fraction of sp³-hybridized carbons (Fsp3) is 0.350. The minimum atomic E-state index is -0.404. The number of aromatic nitrogens is 4. The van der Waals surface area contributed by atoms with Gasteiger partial charge in [-0.15, -0.1) is 23.1 Å². The molecule has 0 saturated heterocycles. The Labute approximate surface area is 189 Å². The Morgan fingerprint density at radius 1 is 1.29 bits per heavy atom. The topological polar surface area (TPSA) is 95.2 Å². The van der Waals surface area contributed by atoms with Crippen LogP contribution in [-0.2, 0) is 20.6 Å². The molecule has 1 aliphatic rings. The number of nitrogens with zero attached hydrogens (tertiary/aromatic N) is 4. The zero-order valence-electron chi connectivity index (χ0n) is 17.0. The Hall–Kier alpha value is -2.27. The van der Waals surface area contributed by atoms with Gasteiger partial charge in [-0.05, 0) is 30.7 Å². The predicted octanol–water partition coefficient (Wildman–Crippen LogP) is 2.91. The maximum atomic E-state index is 13.3. The first-order valence-corrected chi connectivity index (χ1v) is 11.8. The van der Waals surface area contributed by atoms with Crippen LogP contribution in [-0.4, -0.2) is 35.6 Å². The summed E-state index contributed by atoms with van der Waals surface area (Å²) in [7, 11) is 3.14. The number of aliphatic hydroxyl groups is 1. The van der Waals surface area contributed by atoms with E-state index in [2.05, 4.69) is 4.98 Å². The van der Waals surface area contributed by atoms with Crippen molar-refractivity contribution in [2.45, 2.75) is 24.0 Å². The number of hydrogen-bond acceptors (Lipinski definition) is 7. The summed E-state index contributed by atoms with van der Waals surface area (Å²) >= 11 is 9.03. The summed E-state index contributed by atoms with van der Waals surface area (Å²) in [5, 5.41) is 12.8. The molecule has 1 N–H and O–H groups in total. The van der Waals surface area contributed by atoms with E-state index < -0.39 is 5.69 Å². The molecular weight excluding hydrogens is 460 g/mol. The highest BCUT2D eigenvalue weighted by atomic mass is 35.5. The van der Waals surface area contributed by atoms with Gasteiger partial charge >= 0.3 is 5.69 Å². The van der Waals surface area contributed by atoms with Crippen molar-refractivity contribution in [3.63, 3.8) is 0 Å². The van der Waals surface area contributed by atoms with E-state index in [1.165, 1.54) is 34.7 Å². The first-order valence-electron chi connectivity index (χ1n) is 9.58. The molecule has 162 valence electrons. The Bertz CT molecular complexity index is 1440. The lowest BCUT2D eigenvalue weighted by Gasteiger charge is -2.30. The largest absolute Gasteiger partial charge is 0.448 e. The summed E-state index contributed by atoms with van der Waals surface area (Å²) in [6.07, 6.45) is 0. The van der Waals surface area contributed by atoms with E-state index in [0.717, 1.165) is 16.0 Å². The van der Waals surface area contributed by atoms with E-state index in [4.69, 9.17) is 16.0 Å². The van der Waals surface area contributed by atoms with Crippen LogP contribution in [0.15, 0.2) is 31.5 Å². The van der Waals surface area contributed by atoms with Gasteiger partial charge in [0.05, 0.1) is 28.9 Å². The van der Waals surface area contributed by atoms with Crippen molar-refractivity contribution in [2.24, 2.45) is 14.1 Å². The minimum absolute atomic E-state index is 0.0448. The van der Waals surface area contributed by atoms with Crippen molar-refractivity contribution in [3.05, 3.63) is 60.7 Å². The molecule has 0 spiro atoms. The molecule has 0 saturated carbocycles. The van der Waals surface area contributed by atoms with Crippen LogP contribution in [0.1, 0.15) is 22.4 Å². The molecule has 2 atom stereocenters. The van der Waals surface area contributed by atoms with E-state index in [-0.39, 0.29) is 27.9 Å². The van der Waals surface area contributed by atoms with Crippen LogP contribution < -0.4 is 11.2 Å². The summed E-state index contributed by atoms with van der Waals surface area (Å²) in [5.74, 6) is 0.601. The highest BCUT2D eigenvalue weighted by Gasteiger charge is 2.38. The van der Waals surface area contributed by atoms with Gasteiger partial charge in [0.2, 0.25) is 0 Å². The molecule has 5 rings (SSSR count). The molecular formula is C20H19ClN4O4S2. The Kier molecular flexibility index (Phi) is 4.93. The molecule has 0 radical (unpaired) electrons. The smallest absolute Gasteiger partial charge is 0.331 e. The number of thioether (sulfide) groups is 1. The molecule has 1 aliphatic heterocycles. The minimum Gasteiger partial charge on any atom is -0.448 e. The summed E-state index contributed by atoms with van der Waals surface area (Å²) in [6, 6.07) is 3.45. The number of aliphatic hydroxyl groups excluding tert-OH is 1. The first kappa shape index (κ1) is 20.6. The van der Waals surface area contributed by atoms with Crippen LogP contribution in [0.25, 0.3) is 21.6 Å². The average Bonchev–Trinajstić information content (AvgIpc) is 3.46. The second-order valence-electron chi connectivity index (χ2n) is 7.53. The van der Waals surface area contributed by atoms with E-state index in [1.807, 2.05) is 16.9 Å². The van der Waals surface area contributed by atoms with Gasteiger partial charge in [0.1, 0.15) is 16.0 Å². The normalized spacial score (nSPS) is 18.6. The van der Waals surface area contributed by atoms with Crippen LogP contribution in [0, 0.1) is 6.92 Å². The van der Waals surface area contributed by atoms with E-state index in [0.29, 0.717) is 33.9 Å². The number of hydrogen-bond donors (Lipinski definition) is 1. The molecule has 8 nitrogen and oxygen atoms in total. The lowest BCUT2D eigenvalue weighted by atomic mass is 10.2. The van der Waals surface area contributed by atoms with Crippen molar-refractivity contribution in [2.75, 3.05) is 6.61 Å². The molecule has 11 heteroatoms. The molecule has 31 heavy (non-hydrogen) atoms. The second-order valence-corrected chi connectivity index (χ2v) is 10.2. The van der Waals surface area contributed by atoms with Gasteiger partial charge in [0.15, 0.2) is 5.22 Å². The lowest BCUT2D eigenvalue weighted by Crippen LogP contribution is -2.37. The molecule has 4 aromatic heterocycles. The molecule has 0 unspecified atom stereocenters. The van der Waals surface area contributed by atoms with Gasteiger partial charge in [-0.2, -0.15) is 0 Å². The number of thiazole rings is 1. The predicted molar refractivity (Wildman–Crippen MR) is 122 cm³/mol. The maximum absolute atomic E-state index is 13.3. The fourth-order valence-corrected chi connectivity index (χ4v) is 6.50. The van der Waals surface area contributed by atoms with Crippen LogP contribution in [0.4, 0.5) is 0 Å². The standard InChI is InChI=1S/C20H19ClN4O4S2/c1-9-8-30-18(22-9)15-13-14(23(2)20(28)24(3)19(13)27)16-17(11-4-5-12(21)29-11)31-10(7-26)6-25(15)16/h4-5,8,10,17,26H,6-7H2,1-3H3/t10-,17+/m1/s1. The molecule has 0 bridgehead atoms. The van der Waals surface area contributed by atoms with E-state index in [1.54, 1.807) is 19.2 Å². The summed E-state index contributed by atoms with van der Waals surface area (Å²) in [6.45, 7) is 2.33. The number of rotatable bonds is 3. The first-order chi connectivity index (χ1) is 14.8. The third kappa shape index (κ3) is 3.04. The summed E-state index contributed by atoms with van der Waals surface area (Å²) in [4.78, 5) is 30.8. The van der Waals surface area contributed by atoms with Crippen molar-refractivity contribution in [1.82, 2.24) is 18.7 Å². The SMILES string of the molecule is Cc1csc(-c2c3c(=O)n(C)c(=O)n(C)c3c3n2C[C@H](CO)S[C@H]3c2ccc(Cl)o2)n1. The van der Waals surface area contributed by atoms with Gasteiger partial charge in [0.25, 0.3) is 5.56 Å². The second kappa shape index (κ2) is 7.40. The number of aryl methyl sites for hydroxylation is 2. The summed E-state index contributed by atoms with van der Waals surface area (Å²) in [5.41, 5.74) is 2.07. The van der Waals surface area contributed by atoms with Crippen LogP contribution in [0.3, 0.4) is 0 Å². The third-order valence-corrected chi connectivity index (χ3v) is 8.13. The fourth-order valence-electron chi connectivity index (χ4n) is 4.16. The van der Waals surface area contributed by atoms with Gasteiger partial charge in [-0.3, -0.25) is 13.9 Å². The lowest BCUT2D eigenvalue weighted by molar-refractivity contribution is 0.283. The number of fused-ring (bicyclic) bond motifs is 3. The van der Waals surface area contributed by atoms with Crippen molar-refractivity contribution in [1.29, 1.82) is 0 Å². The van der Waals surface area contributed by atoms with Gasteiger partial charge in [0, 0.05) is 37.0 Å². The molecule has 5 heterocycles. The highest BCUT2D eigenvalue weighted by Crippen LogP contribution is 2.49. The highest BCUT2D eigenvalue weighted by molar-refractivity contribution is 8.00. The van der Waals surface area contributed by atoms with E-state index >= 15 is 0 Å². The Balaban J connectivity index is 1.96. The van der Waals surface area contributed by atoms with Gasteiger partial charge in [-0.25, -0.2) is 9.78 Å². The average molecular weight is 479 g/mol. The molecule has 0 fully saturated rings. The zero-order chi connectivity index (χ0) is 22.0. The van der Waals surface area contributed by atoms with Crippen LogP contribution in [0.5, 0.6) is 0 Å². The monoisotopic (exact) mass is 478 g/mol. The molecule has 0 aromatic carbocycles. The van der Waals surface area contributed by atoms with E-state index in [9.17, 15) is 14.7 Å². The zero-order valence-corrected chi connectivity index (χ0v) is 19.3. The van der Waals surface area contributed by atoms with Crippen LogP contribution >= 0.6 is 34.7 Å². The van der Waals surface area contributed by atoms with Crippen molar-refractivity contribution >= 4 is 45.6 Å².